The quantitative estimate of drug-likeness (QED) is 0.210. The average molecular weight is 514 g/mol. The Bertz CT molecular complexity index is 1280. The van der Waals surface area contributed by atoms with Crippen LogP contribution in [0.3, 0.4) is 0 Å². The van der Waals surface area contributed by atoms with E-state index in [0.29, 0.717) is 26.4 Å². The first-order valence-electron chi connectivity index (χ1n) is 9.25. The third kappa shape index (κ3) is 5.03. The zero-order valence-electron chi connectivity index (χ0n) is 16.2. The molecule has 0 spiro atoms. The molecule has 4 aromatic rings. The second-order valence-corrected chi connectivity index (χ2v) is 9.93. The van der Waals surface area contributed by atoms with Crippen molar-refractivity contribution in [1.29, 1.82) is 0 Å². The first kappa shape index (κ1) is 22.9. The Morgan fingerprint density at radius 3 is 2.41 bits per heavy atom. The smallest absolute Gasteiger partial charge is 0.435 e. The number of rotatable bonds is 6. The number of hydrogen-bond acceptors (Lipinski definition) is 5. The molecule has 32 heavy (non-hydrogen) atoms. The summed E-state index contributed by atoms with van der Waals surface area (Å²) in [6.45, 7) is 0. The second kappa shape index (κ2) is 9.30. The van der Waals surface area contributed by atoms with Crippen LogP contribution in [-0.2, 0) is 18.3 Å². The van der Waals surface area contributed by atoms with E-state index < -0.39 is 11.9 Å². The zero-order valence-corrected chi connectivity index (χ0v) is 19.4. The number of halogens is 4. The molecule has 4 nitrogen and oxygen atoms in total. The summed E-state index contributed by atoms with van der Waals surface area (Å²) in [7, 11) is 0. The number of thiazole rings is 1. The zero-order chi connectivity index (χ0) is 22.9. The van der Waals surface area contributed by atoms with Crippen molar-refractivity contribution in [3.05, 3.63) is 85.3 Å². The predicted molar refractivity (Wildman–Crippen MR) is 124 cm³/mol. The molecule has 0 bridgehead atoms. The van der Waals surface area contributed by atoms with Crippen LogP contribution < -0.4 is 0 Å². The molecule has 0 aliphatic rings. The Labute approximate surface area is 199 Å². The molecule has 0 atom stereocenters. The molecule has 2 aromatic carbocycles. The summed E-state index contributed by atoms with van der Waals surface area (Å²) in [5, 5.41) is 15.0. The Balaban J connectivity index is 1.84. The molecule has 11 heteroatoms. The summed E-state index contributed by atoms with van der Waals surface area (Å²) < 4.78 is 43.6. The van der Waals surface area contributed by atoms with Gasteiger partial charge in [0.1, 0.15) is 5.03 Å². The number of benzene rings is 2. The van der Waals surface area contributed by atoms with Crippen LogP contribution in [-0.4, -0.2) is 19.9 Å². The Morgan fingerprint density at radius 2 is 1.81 bits per heavy atom. The summed E-state index contributed by atoms with van der Waals surface area (Å²) in [4.78, 5) is 2.89. The molecule has 2 N–H and O–H groups in total. The Hall–Kier alpha value is -2.27. The van der Waals surface area contributed by atoms with Gasteiger partial charge in [-0.2, -0.15) is 18.3 Å². The number of aromatic amines is 1. The van der Waals surface area contributed by atoms with E-state index in [9.17, 15) is 18.3 Å². The molecule has 0 saturated carbocycles. The maximum absolute atomic E-state index is 14.0. The van der Waals surface area contributed by atoms with Crippen LogP contribution in [0.25, 0.3) is 5.69 Å². The van der Waals surface area contributed by atoms with Gasteiger partial charge in [-0.1, -0.05) is 41.9 Å². The number of hydrogen-bond donors (Lipinski definition) is 2. The van der Waals surface area contributed by atoms with Crippen LogP contribution in [0.5, 0.6) is 5.88 Å². The lowest BCUT2D eigenvalue weighted by atomic mass is 10.1. The fraction of sp³-hybridized carbons (Fsp3) is 0.143. The van der Waals surface area contributed by atoms with Crippen LogP contribution in [0.4, 0.5) is 13.2 Å². The number of alkyl halides is 3. The summed E-state index contributed by atoms with van der Waals surface area (Å²) in [6, 6.07) is 15.8. The molecule has 0 aliphatic carbocycles. The van der Waals surface area contributed by atoms with Crippen LogP contribution in [0.2, 0.25) is 5.02 Å². The van der Waals surface area contributed by atoms with Gasteiger partial charge in [0, 0.05) is 22.8 Å². The van der Waals surface area contributed by atoms with Crippen molar-refractivity contribution in [2.75, 3.05) is 0 Å². The van der Waals surface area contributed by atoms with Gasteiger partial charge in [0.15, 0.2) is 9.65 Å². The van der Waals surface area contributed by atoms with E-state index in [-0.39, 0.29) is 21.8 Å². The highest BCUT2D eigenvalue weighted by atomic mass is 35.5. The molecule has 4 rings (SSSR count). The molecule has 0 radical (unpaired) electrons. The Morgan fingerprint density at radius 1 is 1.12 bits per heavy atom. The molecule has 0 aliphatic heterocycles. The number of para-hydroxylation sites is 1. The summed E-state index contributed by atoms with van der Waals surface area (Å²) in [5.41, 5.74) is 0.410. The lowest BCUT2D eigenvalue weighted by Crippen LogP contribution is -2.10. The fourth-order valence-corrected chi connectivity index (χ4v) is 5.45. The lowest BCUT2D eigenvalue weighted by molar-refractivity contribution is -0.141. The molecule has 0 amide bonds. The van der Waals surface area contributed by atoms with Gasteiger partial charge in [-0.15, -0.1) is 23.1 Å². The van der Waals surface area contributed by atoms with Gasteiger partial charge in [-0.25, -0.2) is 4.68 Å². The van der Waals surface area contributed by atoms with Crippen molar-refractivity contribution in [1.82, 2.24) is 14.8 Å². The highest BCUT2D eigenvalue weighted by Gasteiger charge is 2.40. The molecular weight excluding hydrogens is 499 g/mol. The average Bonchev–Trinajstić information content (AvgIpc) is 3.27. The SMILES string of the molecule is Oc1[nH]c(=S)sc1Cc1c(C(F)(F)F)nn(-c2ccccc2)c1SCc1ccc(Cl)cc1. The normalized spacial score (nSPS) is 11.8. The summed E-state index contributed by atoms with van der Waals surface area (Å²) >= 11 is 13.2. The first-order chi connectivity index (χ1) is 15.2. The van der Waals surface area contributed by atoms with Gasteiger partial charge < -0.3 is 10.1 Å². The minimum absolute atomic E-state index is 0.0131. The number of nitrogens with zero attached hydrogens (tertiary/aromatic N) is 2. The molecular formula is C21H15ClF3N3OS3. The van der Waals surface area contributed by atoms with E-state index in [1.807, 2.05) is 12.1 Å². The van der Waals surface area contributed by atoms with E-state index in [4.69, 9.17) is 23.8 Å². The highest BCUT2D eigenvalue weighted by molar-refractivity contribution is 7.98. The van der Waals surface area contributed by atoms with Crippen molar-refractivity contribution in [2.45, 2.75) is 23.4 Å². The van der Waals surface area contributed by atoms with Gasteiger partial charge in [0.05, 0.1) is 10.6 Å². The van der Waals surface area contributed by atoms with E-state index in [1.165, 1.54) is 16.4 Å². The summed E-state index contributed by atoms with van der Waals surface area (Å²) in [5.74, 6) is 0.184. The minimum atomic E-state index is -4.67. The third-order valence-electron chi connectivity index (χ3n) is 4.53. The largest absolute Gasteiger partial charge is 0.494 e. The van der Waals surface area contributed by atoms with E-state index in [0.717, 1.165) is 16.9 Å². The van der Waals surface area contributed by atoms with Gasteiger partial charge in [-0.05, 0) is 42.0 Å². The topological polar surface area (TPSA) is 53.8 Å². The molecule has 166 valence electrons. The van der Waals surface area contributed by atoms with E-state index >= 15 is 0 Å². The number of H-pyrrole nitrogens is 1. The van der Waals surface area contributed by atoms with Gasteiger partial charge >= 0.3 is 6.18 Å². The Kier molecular flexibility index (Phi) is 6.66. The minimum Gasteiger partial charge on any atom is -0.494 e. The van der Waals surface area contributed by atoms with Crippen LogP contribution in [0, 0.1) is 3.95 Å². The fourth-order valence-electron chi connectivity index (χ4n) is 3.08. The molecule has 0 saturated heterocycles. The van der Waals surface area contributed by atoms with E-state index in [2.05, 4.69) is 10.1 Å². The van der Waals surface area contributed by atoms with Crippen LogP contribution >= 0.6 is 46.9 Å². The molecule has 0 unspecified atom stereocenters. The first-order valence-corrected chi connectivity index (χ1v) is 11.8. The van der Waals surface area contributed by atoms with Crippen molar-refractivity contribution < 1.29 is 18.3 Å². The van der Waals surface area contributed by atoms with Crippen molar-refractivity contribution >= 4 is 46.9 Å². The number of aromatic hydroxyl groups is 1. The third-order valence-corrected chi connectivity index (χ3v) is 7.18. The van der Waals surface area contributed by atoms with Gasteiger partial charge in [0.2, 0.25) is 5.88 Å². The number of thioether (sulfide) groups is 1. The monoisotopic (exact) mass is 513 g/mol. The molecule has 2 aromatic heterocycles. The molecule has 2 heterocycles. The lowest BCUT2D eigenvalue weighted by Gasteiger charge is -2.10. The standard InChI is InChI=1S/C21H15ClF3N3OS3/c22-13-8-6-12(7-9-13)11-31-19-15(10-16-18(29)26-20(30)32-16)17(21(23,24)25)27-28(19)14-4-2-1-3-5-14/h1-9,29H,10-11H2,(H,26,30). The predicted octanol–water partition coefficient (Wildman–Crippen LogP) is 7.25. The number of nitrogens with one attached hydrogen (secondary N) is 1. The van der Waals surface area contributed by atoms with Gasteiger partial charge in [-0.3, -0.25) is 0 Å². The molecule has 0 fully saturated rings. The van der Waals surface area contributed by atoms with Crippen LogP contribution in [0.15, 0.2) is 59.6 Å². The van der Waals surface area contributed by atoms with E-state index in [1.54, 1.807) is 42.5 Å². The summed E-state index contributed by atoms with van der Waals surface area (Å²) in [6.07, 6.45) is -4.83. The maximum atomic E-state index is 14.0. The van der Waals surface area contributed by atoms with Crippen molar-refractivity contribution in [3.63, 3.8) is 0 Å². The highest BCUT2D eigenvalue weighted by Crippen LogP contribution is 2.41. The van der Waals surface area contributed by atoms with Crippen molar-refractivity contribution in [3.8, 4) is 11.6 Å². The van der Waals surface area contributed by atoms with Crippen molar-refractivity contribution in [2.24, 2.45) is 0 Å². The second-order valence-electron chi connectivity index (χ2n) is 6.76. The van der Waals surface area contributed by atoms with Gasteiger partial charge in [0.25, 0.3) is 0 Å². The van der Waals surface area contributed by atoms with Crippen LogP contribution in [0.1, 0.15) is 21.7 Å². The number of aromatic nitrogens is 3. The maximum Gasteiger partial charge on any atom is 0.435 e.